The van der Waals surface area contributed by atoms with Crippen LogP contribution >= 0.6 is 22.9 Å². The number of allylic oxidation sites excluding steroid dienone is 1. The van der Waals surface area contributed by atoms with Crippen LogP contribution in [0, 0.1) is 11.3 Å². The van der Waals surface area contributed by atoms with Crippen molar-refractivity contribution in [1.82, 2.24) is 10.2 Å². The zero-order chi connectivity index (χ0) is 21.3. The highest BCUT2D eigenvalue weighted by atomic mass is 35.5. The summed E-state index contributed by atoms with van der Waals surface area (Å²) in [5, 5.41) is 13.1. The van der Waals surface area contributed by atoms with Crippen LogP contribution < -0.4 is 10.1 Å². The van der Waals surface area contributed by atoms with Gasteiger partial charge >= 0.3 is 0 Å². The van der Waals surface area contributed by atoms with Crippen LogP contribution in [0.2, 0.25) is 5.02 Å². The van der Waals surface area contributed by atoms with E-state index in [-0.39, 0.29) is 5.91 Å². The number of ether oxygens (including phenoxy) is 1. The fourth-order valence-electron chi connectivity index (χ4n) is 3.91. The molecule has 1 unspecified atom stereocenters. The maximum Gasteiger partial charge on any atom is 0.264 e. The summed E-state index contributed by atoms with van der Waals surface area (Å²) in [5.41, 5.74) is 3.21. The first kappa shape index (κ1) is 20.6. The number of thiophene rings is 1. The van der Waals surface area contributed by atoms with Gasteiger partial charge in [0.05, 0.1) is 10.6 Å². The molecule has 1 aromatic heterocycles. The third kappa shape index (κ3) is 3.74. The lowest BCUT2D eigenvalue weighted by atomic mass is 9.98. The van der Waals surface area contributed by atoms with Gasteiger partial charge in [0, 0.05) is 54.3 Å². The summed E-state index contributed by atoms with van der Waals surface area (Å²) in [4.78, 5) is 20.3. The van der Waals surface area contributed by atoms with Gasteiger partial charge in [-0.05, 0) is 31.8 Å². The number of carbonyl (C=O) groups is 1. The van der Waals surface area contributed by atoms with Crippen molar-refractivity contribution in [2.75, 3.05) is 26.2 Å². The van der Waals surface area contributed by atoms with Crippen molar-refractivity contribution in [1.29, 1.82) is 5.26 Å². The van der Waals surface area contributed by atoms with Gasteiger partial charge in [0.15, 0.2) is 6.10 Å². The lowest BCUT2D eigenvalue weighted by molar-refractivity contribution is -0.138. The van der Waals surface area contributed by atoms with Crippen molar-refractivity contribution in [2.24, 2.45) is 4.99 Å². The number of hydrogen-bond acceptors (Lipinski definition) is 6. The van der Waals surface area contributed by atoms with Crippen LogP contribution in [0.4, 0.5) is 5.69 Å². The van der Waals surface area contributed by atoms with E-state index in [1.54, 1.807) is 6.07 Å². The first-order chi connectivity index (χ1) is 14.5. The molecule has 8 heteroatoms. The second-order valence-electron chi connectivity index (χ2n) is 7.12. The highest BCUT2D eigenvalue weighted by Gasteiger charge is 2.35. The average molecular weight is 441 g/mol. The molecule has 0 saturated carbocycles. The number of piperazine rings is 1. The monoisotopic (exact) mass is 440 g/mol. The molecule has 30 heavy (non-hydrogen) atoms. The SMILES string of the molecule is C=Nc1cc(C#N)sc1/C(=C\C)c1cc(Cl)cc2c1OC(C(=O)N1CCNCC1)C2. The van der Waals surface area contributed by atoms with Gasteiger partial charge in [-0.3, -0.25) is 9.79 Å². The van der Waals surface area contributed by atoms with Crippen LogP contribution in [0.3, 0.4) is 0 Å². The molecule has 1 aromatic carbocycles. The lowest BCUT2D eigenvalue weighted by Crippen LogP contribution is -2.50. The average Bonchev–Trinajstić information content (AvgIpc) is 3.38. The molecule has 4 rings (SSSR count). The molecule has 2 aliphatic heterocycles. The standard InChI is InChI=1S/C22H21ClN4O2S/c1-3-16(21-18(25-2)11-15(12-24)30-21)17-10-14(23)8-13-9-19(29-20(13)17)22(28)27-6-4-26-5-7-27/h3,8,10-11,19,26H,2,4-7,9H2,1H3/b16-3-. The number of nitrogens with zero attached hydrogens (tertiary/aromatic N) is 3. The molecule has 0 radical (unpaired) electrons. The molecule has 1 N–H and O–H groups in total. The Bertz CT molecular complexity index is 1080. The Labute approximate surface area is 184 Å². The van der Waals surface area contributed by atoms with E-state index in [1.807, 2.05) is 30.0 Å². The number of halogens is 1. The number of carbonyl (C=O) groups excluding carboxylic acids is 1. The zero-order valence-corrected chi connectivity index (χ0v) is 18.1. The molecule has 6 nitrogen and oxygen atoms in total. The quantitative estimate of drug-likeness (QED) is 0.733. The van der Waals surface area contributed by atoms with Crippen LogP contribution in [-0.4, -0.2) is 49.8 Å². The number of rotatable bonds is 4. The predicted molar refractivity (Wildman–Crippen MR) is 120 cm³/mol. The number of nitriles is 1. The molecule has 0 spiro atoms. The number of hydrogen-bond donors (Lipinski definition) is 1. The Kier molecular flexibility index (Phi) is 5.91. The smallest absolute Gasteiger partial charge is 0.264 e. The van der Waals surface area contributed by atoms with Crippen molar-refractivity contribution in [3.63, 3.8) is 0 Å². The summed E-state index contributed by atoms with van der Waals surface area (Å²) < 4.78 is 6.20. The summed E-state index contributed by atoms with van der Waals surface area (Å²) in [6.45, 7) is 8.51. The van der Waals surface area contributed by atoms with Crippen LogP contribution in [0.15, 0.2) is 29.3 Å². The maximum absolute atomic E-state index is 13.0. The molecule has 2 aliphatic rings. The van der Waals surface area contributed by atoms with E-state index in [2.05, 4.69) is 23.1 Å². The summed E-state index contributed by atoms with van der Waals surface area (Å²) in [5.74, 6) is 0.677. The molecule has 2 aromatic rings. The fraction of sp³-hybridized carbons (Fsp3) is 0.318. The van der Waals surface area contributed by atoms with Gasteiger partial charge in [0.25, 0.3) is 5.91 Å². The van der Waals surface area contributed by atoms with Crippen LogP contribution in [0.5, 0.6) is 5.75 Å². The van der Waals surface area contributed by atoms with Gasteiger partial charge in [-0.2, -0.15) is 5.26 Å². The molecule has 1 saturated heterocycles. The zero-order valence-electron chi connectivity index (χ0n) is 16.6. The van der Waals surface area contributed by atoms with E-state index in [0.29, 0.717) is 40.8 Å². The summed E-state index contributed by atoms with van der Waals surface area (Å²) >= 11 is 7.78. The van der Waals surface area contributed by atoms with E-state index in [1.165, 1.54) is 11.3 Å². The molecule has 1 atom stereocenters. The van der Waals surface area contributed by atoms with E-state index in [9.17, 15) is 10.1 Å². The second-order valence-corrected chi connectivity index (χ2v) is 8.61. The van der Waals surface area contributed by atoms with Crippen LogP contribution in [-0.2, 0) is 11.2 Å². The van der Waals surface area contributed by atoms with E-state index < -0.39 is 6.10 Å². The number of amides is 1. The minimum Gasteiger partial charge on any atom is -0.479 e. The van der Waals surface area contributed by atoms with Crippen LogP contribution in [0.25, 0.3) is 5.57 Å². The minimum absolute atomic E-state index is 0.00754. The number of fused-ring (bicyclic) bond motifs is 1. The largest absolute Gasteiger partial charge is 0.479 e. The topological polar surface area (TPSA) is 77.7 Å². The number of nitrogens with one attached hydrogen (secondary N) is 1. The summed E-state index contributed by atoms with van der Waals surface area (Å²) in [7, 11) is 0. The molecule has 1 amide bonds. The Balaban J connectivity index is 1.71. The van der Waals surface area contributed by atoms with Gasteiger partial charge in [0.1, 0.15) is 16.7 Å². The molecule has 0 bridgehead atoms. The minimum atomic E-state index is -0.552. The van der Waals surface area contributed by atoms with Crippen molar-refractivity contribution >= 4 is 46.8 Å². The Morgan fingerprint density at radius 1 is 1.43 bits per heavy atom. The number of benzene rings is 1. The van der Waals surface area contributed by atoms with Crippen molar-refractivity contribution in [3.8, 4) is 11.8 Å². The Hall–Kier alpha value is -2.66. The highest BCUT2D eigenvalue weighted by Crippen LogP contribution is 2.45. The normalized spacial score (nSPS) is 18.5. The fourth-order valence-corrected chi connectivity index (χ4v) is 5.15. The van der Waals surface area contributed by atoms with Crippen molar-refractivity contribution < 1.29 is 9.53 Å². The molecular formula is C22H21ClN4O2S. The summed E-state index contributed by atoms with van der Waals surface area (Å²) in [6.07, 6.45) is 1.88. The van der Waals surface area contributed by atoms with E-state index in [0.717, 1.165) is 34.7 Å². The first-order valence-corrected chi connectivity index (χ1v) is 10.9. The Morgan fingerprint density at radius 3 is 2.87 bits per heavy atom. The third-order valence-corrected chi connectivity index (χ3v) is 6.60. The first-order valence-electron chi connectivity index (χ1n) is 9.72. The van der Waals surface area contributed by atoms with Crippen molar-refractivity contribution in [3.05, 3.63) is 50.2 Å². The molecule has 0 aliphatic carbocycles. The van der Waals surface area contributed by atoms with Gasteiger partial charge < -0.3 is 15.0 Å². The summed E-state index contributed by atoms with van der Waals surface area (Å²) in [6, 6.07) is 7.59. The van der Waals surface area contributed by atoms with Gasteiger partial charge in [-0.25, -0.2) is 0 Å². The molecule has 154 valence electrons. The van der Waals surface area contributed by atoms with Crippen LogP contribution in [0.1, 0.15) is 27.8 Å². The van der Waals surface area contributed by atoms with E-state index in [4.69, 9.17) is 16.3 Å². The van der Waals surface area contributed by atoms with Crippen molar-refractivity contribution in [2.45, 2.75) is 19.4 Å². The molecule has 1 fully saturated rings. The highest BCUT2D eigenvalue weighted by molar-refractivity contribution is 7.14. The van der Waals surface area contributed by atoms with Gasteiger partial charge in [-0.15, -0.1) is 11.3 Å². The molecule has 3 heterocycles. The lowest BCUT2D eigenvalue weighted by Gasteiger charge is -2.29. The third-order valence-electron chi connectivity index (χ3n) is 5.32. The van der Waals surface area contributed by atoms with Gasteiger partial charge in [-0.1, -0.05) is 17.7 Å². The number of aliphatic imine (C=N–C) groups is 1. The maximum atomic E-state index is 13.0. The molecular weight excluding hydrogens is 420 g/mol. The second kappa shape index (κ2) is 8.60. The van der Waals surface area contributed by atoms with Gasteiger partial charge in [0.2, 0.25) is 0 Å². The van der Waals surface area contributed by atoms with E-state index >= 15 is 0 Å². The predicted octanol–water partition coefficient (Wildman–Crippen LogP) is 3.79. The Morgan fingerprint density at radius 2 is 2.20 bits per heavy atom.